The van der Waals surface area contributed by atoms with Gasteiger partial charge in [0.1, 0.15) is 0 Å². The topological polar surface area (TPSA) is 61.4 Å². The average Bonchev–Trinajstić information content (AvgIpc) is 2.34. The molecule has 6 heteroatoms. The summed E-state index contributed by atoms with van der Waals surface area (Å²) in [7, 11) is -0.876. The monoisotopic (exact) mass is 343 g/mol. The molecule has 2 aliphatic rings. The fraction of sp³-hybridized carbons (Fsp3) is 0.941. The van der Waals surface area contributed by atoms with Gasteiger partial charge in [0, 0.05) is 49.3 Å². The number of hydrogen-bond donors (Lipinski definition) is 2. The van der Waals surface area contributed by atoms with Crippen LogP contribution in [0, 0.1) is 11.8 Å². The lowest BCUT2D eigenvalue weighted by Gasteiger charge is -2.40. The zero-order valence-corrected chi connectivity index (χ0v) is 15.9. The Kier molecular flexibility index (Phi) is 6.48. The molecule has 0 aromatic carbocycles. The summed E-state index contributed by atoms with van der Waals surface area (Å²) in [4.78, 5) is 14.6. The second kappa shape index (κ2) is 7.97. The molecule has 1 aliphatic heterocycles. The van der Waals surface area contributed by atoms with E-state index in [2.05, 4.69) is 36.3 Å². The zero-order chi connectivity index (χ0) is 17.0. The van der Waals surface area contributed by atoms with Crippen LogP contribution in [0.5, 0.6) is 0 Å². The number of carbonyl (C=O) groups excluding carboxylic acids is 1. The fourth-order valence-corrected chi connectivity index (χ4v) is 5.17. The summed E-state index contributed by atoms with van der Waals surface area (Å²) in [5, 5.41) is 5.96. The molecule has 1 saturated carbocycles. The van der Waals surface area contributed by atoms with Crippen molar-refractivity contribution in [1.29, 1.82) is 0 Å². The van der Waals surface area contributed by atoms with Crippen LogP contribution in [0.2, 0.25) is 0 Å². The van der Waals surface area contributed by atoms with E-state index in [1.54, 1.807) is 6.26 Å². The van der Waals surface area contributed by atoms with Gasteiger partial charge in [-0.15, -0.1) is 0 Å². The normalized spacial score (nSPS) is 30.1. The first-order valence-corrected chi connectivity index (χ1v) is 10.5. The van der Waals surface area contributed by atoms with Gasteiger partial charge in [-0.3, -0.25) is 4.21 Å². The van der Waals surface area contributed by atoms with Crippen molar-refractivity contribution in [3.8, 4) is 0 Å². The second-order valence-electron chi connectivity index (χ2n) is 7.88. The highest BCUT2D eigenvalue weighted by Crippen LogP contribution is 2.36. The standard InChI is InChI=1S/C17H33N3O2S/c1-13-8-14(2)10-20(9-13)11-15(3)19-16(21)18-12-17(23(4)22)6-5-7-17/h13-15H,5-12H2,1-4H3,(H2,18,19,21)/t13-,14+,15-,23+/m1/s1. The summed E-state index contributed by atoms with van der Waals surface area (Å²) < 4.78 is 11.7. The number of piperidine rings is 1. The van der Waals surface area contributed by atoms with E-state index in [0.29, 0.717) is 6.54 Å². The van der Waals surface area contributed by atoms with Crippen LogP contribution < -0.4 is 10.6 Å². The van der Waals surface area contributed by atoms with Crippen LogP contribution in [0.3, 0.4) is 0 Å². The molecule has 4 atom stereocenters. The minimum atomic E-state index is -0.876. The third kappa shape index (κ3) is 5.18. The van der Waals surface area contributed by atoms with Crippen LogP contribution in [-0.2, 0) is 10.8 Å². The maximum atomic E-state index is 12.1. The number of carbonyl (C=O) groups is 1. The molecule has 0 aromatic rings. The smallest absolute Gasteiger partial charge is 0.315 e. The molecule has 1 aliphatic carbocycles. The Hall–Kier alpha value is -0.620. The highest BCUT2D eigenvalue weighted by molar-refractivity contribution is 7.85. The number of hydrogen-bond acceptors (Lipinski definition) is 3. The van der Waals surface area contributed by atoms with Gasteiger partial charge in [-0.25, -0.2) is 4.79 Å². The molecule has 5 nitrogen and oxygen atoms in total. The first-order chi connectivity index (χ1) is 10.8. The van der Waals surface area contributed by atoms with Gasteiger partial charge in [0.25, 0.3) is 0 Å². The lowest BCUT2D eigenvalue weighted by Crippen LogP contribution is -2.54. The van der Waals surface area contributed by atoms with Gasteiger partial charge in [0.15, 0.2) is 0 Å². The van der Waals surface area contributed by atoms with Crippen LogP contribution in [-0.4, -0.2) is 58.4 Å². The Morgan fingerprint density at radius 3 is 2.39 bits per heavy atom. The quantitative estimate of drug-likeness (QED) is 0.775. The highest BCUT2D eigenvalue weighted by atomic mass is 32.2. The van der Waals surface area contributed by atoms with Crippen molar-refractivity contribution in [3.05, 3.63) is 0 Å². The van der Waals surface area contributed by atoms with Gasteiger partial charge in [0.2, 0.25) is 0 Å². The molecule has 2 N–H and O–H groups in total. The van der Waals surface area contributed by atoms with Gasteiger partial charge >= 0.3 is 6.03 Å². The van der Waals surface area contributed by atoms with Gasteiger partial charge in [-0.05, 0) is 38.0 Å². The molecule has 1 saturated heterocycles. The lowest BCUT2D eigenvalue weighted by atomic mass is 9.84. The first kappa shape index (κ1) is 18.7. The van der Waals surface area contributed by atoms with Crippen LogP contribution in [0.25, 0.3) is 0 Å². The summed E-state index contributed by atoms with van der Waals surface area (Å²) in [6.45, 7) is 10.3. The summed E-state index contributed by atoms with van der Waals surface area (Å²) in [6.07, 6.45) is 6.07. The molecule has 0 radical (unpaired) electrons. The molecule has 2 amide bonds. The predicted octanol–water partition coefficient (Wildman–Crippen LogP) is 1.95. The molecule has 2 fully saturated rings. The molecule has 134 valence electrons. The number of likely N-dealkylation sites (tertiary alicyclic amines) is 1. The zero-order valence-electron chi connectivity index (χ0n) is 15.1. The van der Waals surface area contributed by atoms with Gasteiger partial charge in [-0.1, -0.05) is 20.3 Å². The highest BCUT2D eigenvalue weighted by Gasteiger charge is 2.41. The van der Waals surface area contributed by atoms with E-state index in [-0.39, 0.29) is 16.8 Å². The number of urea groups is 1. The third-order valence-electron chi connectivity index (χ3n) is 5.30. The molecule has 23 heavy (non-hydrogen) atoms. The summed E-state index contributed by atoms with van der Waals surface area (Å²) in [5.41, 5.74) is 0. The van der Waals surface area contributed by atoms with Gasteiger partial charge in [-0.2, -0.15) is 0 Å². The number of nitrogens with one attached hydrogen (secondary N) is 2. The van der Waals surface area contributed by atoms with Crippen LogP contribution in [0.4, 0.5) is 4.79 Å². The molecule has 0 bridgehead atoms. The maximum absolute atomic E-state index is 12.1. The maximum Gasteiger partial charge on any atom is 0.315 e. The molecule has 0 spiro atoms. The Labute approximate surface area is 143 Å². The molecule has 0 unspecified atom stereocenters. The Balaban J connectivity index is 1.71. The van der Waals surface area contributed by atoms with E-state index in [9.17, 15) is 9.00 Å². The van der Waals surface area contributed by atoms with Crippen molar-refractivity contribution in [2.45, 2.75) is 57.2 Å². The van der Waals surface area contributed by atoms with Crippen molar-refractivity contribution in [1.82, 2.24) is 15.5 Å². The van der Waals surface area contributed by atoms with E-state index < -0.39 is 10.8 Å². The van der Waals surface area contributed by atoms with Gasteiger partial charge < -0.3 is 15.5 Å². The third-order valence-corrected chi connectivity index (χ3v) is 7.07. The molecular weight excluding hydrogens is 310 g/mol. The molecule has 1 heterocycles. The number of nitrogens with zero attached hydrogens (tertiary/aromatic N) is 1. The Morgan fingerprint density at radius 1 is 1.30 bits per heavy atom. The van der Waals surface area contributed by atoms with Crippen LogP contribution >= 0.6 is 0 Å². The van der Waals surface area contributed by atoms with Crippen molar-refractivity contribution < 1.29 is 9.00 Å². The summed E-state index contributed by atoms with van der Waals surface area (Å²) in [5.74, 6) is 1.47. The SMILES string of the molecule is C[C@@H]1C[C@H](C)CN(C[C@@H](C)NC(=O)NCC2([S@](C)=O)CCC2)C1. The minimum absolute atomic E-state index is 0.122. The summed E-state index contributed by atoms with van der Waals surface area (Å²) in [6, 6.07) is -0.00991. The Bertz CT molecular complexity index is 430. The molecule has 0 aromatic heterocycles. The van der Waals surface area contributed by atoms with Crippen molar-refractivity contribution in [2.75, 3.05) is 32.4 Å². The molecule has 2 rings (SSSR count). The predicted molar refractivity (Wildman–Crippen MR) is 96.0 cm³/mol. The average molecular weight is 344 g/mol. The second-order valence-corrected chi connectivity index (χ2v) is 9.66. The lowest BCUT2D eigenvalue weighted by molar-refractivity contribution is 0.131. The van der Waals surface area contributed by atoms with Crippen molar-refractivity contribution in [2.24, 2.45) is 11.8 Å². The van der Waals surface area contributed by atoms with Crippen molar-refractivity contribution in [3.63, 3.8) is 0 Å². The van der Waals surface area contributed by atoms with E-state index >= 15 is 0 Å². The van der Waals surface area contributed by atoms with E-state index in [1.165, 1.54) is 6.42 Å². The van der Waals surface area contributed by atoms with E-state index in [1.807, 2.05) is 0 Å². The van der Waals surface area contributed by atoms with E-state index in [0.717, 1.165) is 50.7 Å². The molecular formula is C17H33N3O2S. The largest absolute Gasteiger partial charge is 0.337 e. The van der Waals surface area contributed by atoms with E-state index in [4.69, 9.17) is 0 Å². The minimum Gasteiger partial charge on any atom is -0.337 e. The van der Waals surface area contributed by atoms with Gasteiger partial charge in [0.05, 0.1) is 4.75 Å². The number of rotatable bonds is 6. The summed E-state index contributed by atoms with van der Waals surface area (Å²) >= 11 is 0. The van der Waals surface area contributed by atoms with Crippen LogP contribution in [0.1, 0.15) is 46.5 Å². The van der Waals surface area contributed by atoms with Crippen molar-refractivity contribution >= 4 is 16.8 Å². The Morgan fingerprint density at radius 2 is 1.91 bits per heavy atom. The first-order valence-electron chi connectivity index (χ1n) is 8.91. The van der Waals surface area contributed by atoms with Crippen LogP contribution in [0.15, 0.2) is 0 Å². The number of amides is 2. The fourth-order valence-electron chi connectivity index (χ4n) is 4.03.